The molecule has 2 aliphatic rings. The molecule has 2 N–H and O–H groups in total. The number of aliphatic hydroxyl groups excluding tert-OH is 1. The summed E-state index contributed by atoms with van der Waals surface area (Å²) in [6, 6.07) is 0.362. The first kappa shape index (κ1) is 14.6. The standard InChI is InChI=1S/C15H28N2O2/c1-12-9-10-17(11-14(12)18)15(19)16-13-7-5-3-2-4-6-8-13/h12-14,18H,2-11H2,1H3,(H,16,19). The van der Waals surface area contributed by atoms with E-state index in [1.54, 1.807) is 4.90 Å². The maximum Gasteiger partial charge on any atom is 0.317 e. The summed E-state index contributed by atoms with van der Waals surface area (Å²) in [5.41, 5.74) is 0. The van der Waals surface area contributed by atoms with Crippen LogP contribution in [0.25, 0.3) is 0 Å². The normalized spacial score (nSPS) is 30.5. The third kappa shape index (κ3) is 4.37. The van der Waals surface area contributed by atoms with Crippen molar-refractivity contribution in [2.75, 3.05) is 13.1 Å². The molecular formula is C15H28N2O2. The van der Waals surface area contributed by atoms with E-state index in [9.17, 15) is 9.90 Å². The van der Waals surface area contributed by atoms with E-state index < -0.39 is 0 Å². The monoisotopic (exact) mass is 268 g/mol. The summed E-state index contributed by atoms with van der Waals surface area (Å²) in [6.07, 6.45) is 9.15. The number of nitrogens with zero attached hydrogens (tertiary/aromatic N) is 1. The van der Waals surface area contributed by atoms with Crippen LogP contribution in [-0.4, -0.2) is 41.3 Å². The Balaban J connectivity index is 1.79. The number of urea groups is 1. The van der Waals surface area contributed by atoms with E-state index in [2.05, 4.69) is 12.2 Å². The molecule has 1 saturated heterocycles. The fourth-order valence-corrected chi connectivity index (χ4v) is 3.10. The van der Waals surface area contributed by atoms with Crippen molar-refractivity contribution in [1.29, 1.82) is 0 Å². The number of nitrogens with one attached hydrogen (secondary N) is 1. The number of carbonyl (C=O) groups excluding carboxylic acids is 1. The number of carbonyl (C=O) groups is 1. The molecule has 2 fully saturated rings. The van der Waals surface area contributed by atoms with Crippen molar-refractivity contribution < 1.29 is 9.90 Å². The van der Waals surface area contributed by atoms with Crippen molar-refractivity contribution in [2.24, 2.45) is 5.92 Å². The Kier molecular flexibility index (Phi) is 5.49. The predicted molar refractivity (Wildman–Crippen MR) is 76.0 cm³/mol. The zero-order chi connectivity index (χ0) is 13.7. The summed E-state index contributed by atoms with van der Waals surface area (Å²) in [4.78, 5) is 14.0. The van der Waals surface area contributed by atoms with Gasteiger partial charge in [-0.25, -0.2) is 4.79 Å². The third-order valence-electron chi connectivity index (χ3n) is 4.64. The molecule has 0 radical (unpaired) electrons. The molecule has 2 amide bonds. The van der Waals surface area contributed by atoms with Gasteiger partial charge in [0, 0.05) is 19.1 Å². The summed E-state index contributed by atoms with van der Waals surface area (Å²) in [6.45, 7) is 3.31. The number of rotatable bonds is 1. The number of likely N-dealkylation sites (tertiary alicyclic amines) is 1. The lowest BCUT2D eigenvalue weighted by Gasteiger charge is -2.35. The second-order valence-electron chi connectivity index (χ2n) is 6.27. The van der Waals surface area contributed by atoms with E-state index >= 15 is 0 Å². The topological polar surface area (TPSA) is 52.6 Å². The molecule has 1 aliphatic heterocycles. The van der Waals surface area contributed by atoms with Gasteiger partial charge in [-0.05, 0) is 25.2 Å². The maximum atomic E-state index is 12.2. The van der Waals surface area contributed by atoms with Crippen LogP contribution in [0, 0.1) is 5.92 Å². The summed E-state index contributed by atoms with van der Waals surface area (Å²) in [7, 11) is 0. The minimum Gasteiger partial charge on any atom is -0.391 e. The van der Waals surface area contributed by atoms with Gasteiger partial charge in [0.2, 0.25) is 0 Å². The number of hydrogen-bond acceptors (Lipinski definition) is 2. The number of amides is 2. The number of aliphatic hydroxyl groups is 1. The van der Waals surface area contributed by atoms with E-state index in [0.29, 0.717) is 18.5 Å². The SMILES string of the molecule is CC1CCN(C(=O)NC2CCCCCCC2)CC1O. The lowest BCUT2D eigenvalue weighted by atomic mass is 9.95. The van der Waals surface area contributed by atoms with Gasteiger partial charge in [0.25, 0.3) is 0 Å². The lowest BCUT2D eigenvalue weighted by Crippen LogP contribution is -2.51. The molecule has 4 heteroatoms. The number of hydrogen-bond donors (Lipinski definition) is 2. The predicted octanol–water partition coefficient (Wildman–Crippen LogP) is 2.51. The highest BCUT2D eigenvalue weighted by atomic mass is 16.3. The zero-order valence-electron chi connectivity index (χ0n) is 12.1. The molecule has 0 aromatic heterocycles. The molecule has 0 spiro atoms. The van der Waals surface area contributed by atoms with E-state index in [0.717, 1.165) is 25.8 Å². The first-order valence-corrected chi connectivity index (χ1v) is 7.90. The number of piperidine rings is 1. The summed E-state index contributed by atoms with van der Waals surface area (Å²) in [5, 5.41) is 13.0. The molecule has 1 heterocycles. The Morgan fingerprint density at radius 3 is 2.37 bits per heavy atom. The highest BCUT2D eigenvalue weighted by molar-refractivity contribution is 5.74. The average Bonchev–Trinajstić information content (AvgIpc) is 2.35. The van der Waals surface area contributed by atoms with Crippen molar-refractivity contribution in [2.45, 2.75) is 70.4 Å². The quantitative estimate of drug-likeness (QED) is 0.768. The largest absolute Gasteiger partial charge is 0.391 e. The molecule has 0 aromatic carbocycles. The van der Waals surface area contributed by atoms with E-state index in [1.807, 2.05) is 0 Å². The molecule has 0 aromatic rings. The van der Waals surface area contributed by atoms with Crippen molar-refractivity contribution in [3.05, 3.63) is 0 Å². The van der Waals surface area contributed by atoms with Gasteiger partial charge >= 0.3 is 6.03 Å². The van der Waals surface area contributed by atoms with Crippen LogP contribution in [0.1, 0.15) is 58.3 Å². The van der Waals surface area contributed by atoms with Gasteiger partial charge in [0.1, 0.15) is 0 Å². The minimum atomic E-state index is -0.364. The first-order chi connectivity index (χ1) is 9.16. The van der Waals surface area contributed by atoms with E-state index in [4.69, 9.17) is 0 Å². The van der Waals surface area contributed by atoms with Gasteiger partial charge in [-0.15, -0.1) is 0 Å². The van der Waals surface area contributed by atoms with Crippen molar-refractivity contribution >= 4 is 6.03 Å². The van der Waals surface area contributed by atoms with Gasteiger partial charge in [-0.3, -0.25) is 0 Å². The van der Waals surface area contributed by atoms with Gasteiger partial charge in [0.15, 0.2) is 0 Å². The summed E-state index contributed by atoms with van der Waals surface area (Å²) < 4.78 is 0. The van der Waals surface area contributed by atoms with Crippen LogP contribution in [0.2, 0.25) is 0 Å². The Morgan fingerprint density at radius 1 is 1.11 bits per heavy atom. The summed E-state index contributed by atoms with van der Waals surface area (Å²) in [5.74, 6) is 0.311. The lowest BCUT2D eigenvalue weighted by molar-refractivity contribution is 0.0428. The minimum absolute atomic E-state index is 0.0246. The van der Waals surface area contributed by atoms with Crippen LogP contribution in [-0.2, 0) is 0 Å². The van der Waals surface area contributed by atoms with Gasteiger partial charge in [-0.2, -0.15) is 0 Å². The second kappa shape index (κ2) is 7.13. The summed E-state index contributed by atoms with van der Waals surface area (Å²) >= 11 is 0. The van der Waals surface area contributed by atoms with Gasteiger partial charge < -0.3 is 15.3 Å². The third-order valence-corrected chi connectivity index (χ3v) is 4.64. The molecule has 2 unspecified atom stereocenters. The van der Waals surface area contributed by atoms with E-state index in [-0.39, 0.29) is 12.1 Å². The van der Waals surface area contributed by atoms with Crippen LogP contribution in [0.4, 0.5) is 4.79 Å². The Bertz CT molecular complexity index is 288. The van der Waals surface area contributed by atoms with Crippen molar-refractivity contribution in [1.82, 2.24) is 10.2 Å². The second-order valence-corrected chi connectivity index (χ2v) is 6.27. The van der Waals surface area contributed by atoms with Crippen LogP contribution >= 0.6 is 0 Å². The van der Waals surface area contributed by atoms with E-state index in [1.165, 1.54) is 32.1 Å². The fourth-order valence-electron chi connectivity index (χ4n) is 3.10. The van der Waals surface area contributed by atoms with Crippen LogP contribution in [0.3, 0.4) is 0 Å². The van der Waals surface area contributed by atoms with Crippen LogP contribution < -0.4 is 5.32 Å². The van der Waals surface area contributed by atoms with Crippen molar-refractivity contribution in [3.8, 4) is 0 Å². The van der Waals surface area contributed by atoms with Gasteiger partial charge in [-0.1, -0.05) is 39.0 Å². The van der Waals surface area contributed by atoms with Crippen molar-refractivity contribution in [3.63, 3.8) is 0 Å². The maximum absolute atomic E-state index is 12.2. The smallest absolute Gasteiger partial charge is 0.317 e. The van der Waals surface area contributed by atoms with Crippen LogP contribution in [0.15, 0.2) is 0 Å². The first-order valence-electron chi connectivity index (χ1n) is 7.90. The molecule has 1 saturated carbocycles. The highest BCUT2D eigenvalue weighted by Gasteiger charge is 2.28. The highest BCUT2D eigenvalue weighted by Crippen LogP contribution is 2.19. The fraction of sp³-hybridized carbons (Fsp3) is 0.933. The molecule has 0 bridgehead atoms. The Hall–Kier alpha value is -0.770. The van der Waals surface area contributed by atoms with Gasteiger partial charge in [0.05, 0.1) is 6.10 Å². The molecule has 19 heavy (non-hydrogen) atoms. The Morgan fingerprint density at radius 2 is 1.74 bits per heavy atom. The molecule has 2 rings (SSSR count). The molecular weight excluding hydrogens is 240 g/mol. The molecule has 110 valence electrons. The molecule has 1 aliphatic carbocycles. The molecule has 2 atom stereocenters. The average molecular weight is 268 g/mol. The zero-order valence-corrected chi connectivity index (χ0v) is 12.1. The number of β-amino-alcohol motifs (C(OH)–C–C–N with tert-alkyl or cyclic N) is 1. The Labute approximate surface area is 116 Å². The van der Waals surface area contributed by atoms with Crippen LogP contribution in [0.5, 0.6) is 0 Å². The molecule has 4 nitrogen and oxygen atoms in total.